The quantitative estimate of drug-likeness (QED) is 0.520. The van der Waals surface area contributed by atoms with Gasteiger partial charge in [0, 0.05) is 0 Å². The summed E-state index contributed by atoms with van der Waals surface area (Å²) >= 11 is 1.09. The molecule has 0 aliphatic rings. The minimum atomic E-state index is -3.75. The van der Waals surface area contributed by atoms with Gasteiger partial charge in [0.1, 0.15) is 29.2 Å². The van der Waals surface area contributed by atoms with Crippen LogP contribution in [0.2, 0.25) is 0 Å². The monoisotopic (exact) mass is 397 g/mol. The molecular weight excluding hydrogens is 374 g/mol. The smallest absolute Gasteiger partial charge is 0.324 e. The molecule has 0 aliphatic carbocycles. The Kier molecular flexibility index (Phi) is 7.19. The molecular formula is C18H23NO5S2. The summed E-state index contributed by atoms with van der Waals surface area (Å²) in [6.07, 6.45) is 0. The molecule has 6 nitrogen and oxygen atoms in total. The minimum absolute atomic E-state index is 0.0384. The predicted octanol–water partition coefficient (Wildman–Crippen LogP) is 2.98. The van der Waals surface area contributed by atoms with Crippen LogP contribution >= 0.6 is 11.3 Å². The zero-order valence-corrected chi connectivity index (χ0v) is 16.6. The van der Waals surface area contributed by atoms with Crippen LogP contribution in [0.25, 0.3) is 0 Å². The highest BCUT2D eigenvalue weighted by Gasteiger charge is 2.30. The summed E-state index contributed by atoms with van der Waals surface area (Å²) in [4.78, 5) is 12.3. The van der Waals surface area contributed by atoms with Crippen molar-refractivity contribution in [1.82, 2.24) is 4.72 Å². The van der Waals surface area contributed by atoms with Crippen molar-refractivity contribution < 1.29 is 22.7 Å². The van der Waals surface area contributed by atoms with Crippen molar-refractivity contribution in [2.24, 2.45) is 5.92 Å². The van der Waals surface area contributed by atoms with E-state index in [-0.39, 0.29) is 23.3 Å². The lowest BCUT2D eigenvalue weighted by atomic mass is 10.1. The number of rotatable bonds is 9. The SMILES string of the molecule is Cc1ccc(OCCOC(=O)[C@H](NS(=O)(=O)c2cccs2)C(C)C)cc1. The summed E-state index contributed by atoms with van der Waals surface area (Å²) in [6.45, 7) is 5.72. The third-order valence-electron chi connectivity index (χ3n) is 3.58. The fourth-order valence-electron chi connectivity index (χ4n) is 2.12. The van der Waals surface area contributed by atoms with E-state index >= 15 is 0 Å². The van der Waals surface area contributed by atoms with Gasteiger partial charge in [-0.05, 0) is 36.4 Å². The van der Waals surface area contributed by atoms with Gasteiger partial charge in [-0.2, -0.15) is 4.72 Å². The number of sulfonamides is 1. The zero-order chi connectivity index (χ0) is 19.2. The summed E-state index contributed by atoms with van der Waals surface area (Å²) in [5, 5.41) is 1.67. The third-order valence-corrected chi connectivity index (χ3v) is 6.42. The number of esters is 1. The van der Waals surface area contributed by atoms with Gasteiger partial charge >= 0.3 is 5.97 Å². The summed E-state index contributed by atoms with van der Waals surface area (Å²) in [6, 6.07) is 9.70. The second-order valence-corrected chi connectivity index (χ2v) is 8.99. The highest BCUT2D eigenvalue weighted by Crippen LogP contribution is 2.17. The molecule has 1 heterocycles. The van der Waals surface area contributed by atoms with Gasteiger partial charge in [0.05, 0.1) is 0 Å². The van der Waals surface area contributed by atoms with Gasteiger partial charge in [-0.3, -0.25) is 4.79 Å². The summed E-state index contributed by atoms with van der Waals surface area (Å²) < 4.78 is 37.9. The van der Waals surface area contributed by atoms with Crippen LogP contribution in [0.5, 0.6) is 5.75 Å². The molecule has 1 N–H and O–H groups in total. The Labute approximate surface area is 158 Å². The van der Waals surface area contributed by atoms with Crippen molar-refractivity contribution in [3.8, 4) is 5.75 Å². The van der Waals surface area contributed by atoms with Crippen LogP contribution in [0, 0.1) is 12.8 Å². The van der Waals surface area contributed by atoms with Gasteiger partial charge in [-0.25, -0.2) is 8.42 Å². The molecule has 0 saturated heterocycles. The second-order valence-electron chi connectivity index (χ2n) is 6.10. The van der Waals surface area contributed by atoms with Crippen molar-refractivity contribution in [3.05, 3.63) is 47.3 Å². The predicted molar refractivity (Wildman–Crippen MR) is 101 cm³/mol. The molecule has 0 fully saturated rings. The van der Waals surface area contributed by atoms with E-state index in [9.17, 15) is 13.2 Å². The van der Waals surface area contributed by atoms with Crippen LogP contribution in [0.4, 0.5) is 0 Å². The fourth-order valence-corrected chi connectivity index (χ4v) is 4.47. The Bertz CT molecular complexity index is 799. The molecule has 8 heteroatoms. The second kappa shape index (κ2) is 9.16. The lowest BCUT2D eigenvalue weighted by Gasteiger charge is -2.20. The zero-order valence-electron chi connectivity index (χ0n) is 15.0. The number of nitrogens with one attached hydrogen (secondary N) is 1. The van der Waals surface area contributed by atoms with Gasteiger partial charge in [0.2, 0.25) is 0 Å². The van der Waals surface area contributed by atoms with Crippen LogP contribution in [0.3, 0.4) is 0 Å². The molecule has 0 unspecified atom stereocenters. The third kappa shape index (κ3) is 5.82. The number of benzene rings is 1. The number of hydrogen-bond acceptors (Lipinski definition) is 6. The van der Waals surface area contributed by atoms with E-state index in [0.29, 0.717) is 5.75 Å². The average molecular weight is 398 g/mol. The first kappa shape index (κ1) is 20.4. The highest BCUT2D eigenvalue weighted by molar-refractivity contribution is 7.91. The van der Waals surface area contributed by atoms with E-state index in [0.717, 1.165) is 16.9 Å². The lowest BCUT2D eigenvalue weighted by molar-refractivity contribution is -0.147. The molecule has 1 atom stereocenters. The van der Waals surface area contributed by atoms with Gasteiger partial charge in [0.15, 0.2) is 0 Å². The van der Waals surface area contributed by atoms with Gasteiger partial charge in [0.25, 0.3) is 10.0 Å². The number of carbonyl (C=O) groups is 1. The molecule has 0 aliphatic heterocycles. The van der Waals surface area contributed by atoms with Gasteiger partial charge in [-0.15, -0.1) is 11.3 Å². The Morgan fingerprint density at radius 1 is 1.15 bits per heavy atom. The molecule has 0 spiro atoms. The summed E-state index contributed by atoms with van der Waals surface area (Å²) in [5.41, 5.74) is 1.13. The van der Waals surface area contributed by atoms with Gasteiger partial charge < -0.3 is 9.47 Å². The van der Waals surface area contributed by atoms with E-state index in [1.54, 1.807) is 25.3 Å². The number of thiophene rings is 1. The number of hydrogen-bond donors (Lipinski definition) is 1. The molecule has 0 amide bonds. The van der Waals surface area contributed by atoms with Crippen LogP contribution in [0.15, 0.2) is 46.0 Å². The maximum atomic E-state index is 12.3. The van der Waals surface area contributed by atoms with Crippen LogP contribution in [0.1, 0.15) is 19.4 Å². The van der Waals surface area contributed by atoms with Gasteiger partial charge in [-0.1, -0.05) is 37.6 Å². The van der Waals surface area contributed by atoms with E-state index in [1.807, 2.05) is 31.2 Å². The molecule has 0 radical (unpaired) electrons. The summed E-state index contributed by atoms with van der Waals surface area (Å²) in [7, 11) is -3.75. The van der Waals surface area contributed by atoms with Crippen molar-refractivity contribution in [2.75, 3.05) is 13.2 Å². The first-order chi connectivity index (χ1) is 12.3. The van der Waals surface area contributed by atoms with Crippen molar-refractivity contribution in [2.45, 2.75) is 31.0 Å². The molecule has 1 aromatic heterocycles. The van der Waals surface area contributed by atoms with Crippen LogP contribution in [-0.2, 0) is 19.6 Å². The number of aryl methyl sites for hydroxylation is 1. The topological polar surface area (TPSA) is 81.7 Å². The summed E-state index contributed by atoms with van der Waals surface area (Å²) in [5.74, 6) is -0.187. The minimum Gasteiger partial charge on any atom is -0.490 e. The number of carbonyl (C=O) groups excluding carboxylic acids is 1. The largest absolute Gasteiger partial charge is 0.490 e. The molecule has 2 aromatic rings. The van der Waals surface area contributed by atoms with E-state index < -0.39 is 22.0 Å². The van der Waals surface area contributed by atoms with Crippen molar-refractivity contribution in [3.63, 3.8) is 0 Å². The Morgan fingerprint density at radius 2 is 1.85 bits per heavy atom. The molecule has 0 saturated carbocycles. The maximum absolute atomic E-state index is 12.3. The number of ether oxygens (including phenoxy) is 2. The molecule has 142 valence electrons. The molecule has 2 rings (SSSR count). The van der Waals surface area contributed by atoms with Crippen molar-refractivity contribution >= 4 is 27.3 Å². The highest BCUT2D eigenvalue weighted by atomic mass is 32.2. The first-order valence-corrected chi connectivity index (χ1v) is 10.6. The lowest BCUT2D eigenvalue weighted by Crippen LogP contribution is -2.45. The van der Waals surface area contributed by atoms with E-state index in [2.05, 4.69) is 4.72 Å². The normalized spacial score (nSPS) is 12.8. The fraction of sp³-hybridized carbons (Fsp3) is 0.389. The van der Waals surface area contributed by atoms with Crippen molar-refractivity contribution in [1.29, 1.82) is 0 Å². The Hall–Kier alpha value is -1.90. The van der Waals surface area contributed by atoms with E-state index in [1.165, 1.54) is 6.07 Å². The standard InChI is InChI=1S/C18H23NO5S2/c1-13(2)17(19-26(21,22)16-5-4-12-25-16)18(20)24-11-10-23-15-8-6-14(3)7-9-15/h4-9,12-13,17,19H,10-11H2,1-3H3/t17-/m1/s1. The first-order valence-electron chi connectivity index (χ1n) is 8.21. The average Bonchev–Trinajstić information content (AvgIpc) is 3.13. The van der Waals surface area contributed by atoms with Crippen LogP contribution in [-0.4, -0.2) is 33.6 Å². The van der Waals surface area contributed by atoms with E-state index in [4.69, 9.17) is 9.47 Å². The van der Waals surface area contributed by atoms with Crippen LogP contribution < -0.4 is 9.46 Å². The Balaban J connectivity index is 1.87. The Morgan fingerprint density at radius 3 is 2.42 bits per heavy atom. The molecule has 0 bridgehead atoms. The molecule has 1 aromatic carbocycles. The molecule has 26 heavy (non-hydrogen) atoms. The maximum Gasteiger partial charge on any atom is 0.324 e.